The number of hydrogen-bond donors (Lipinski definition) is 1. The summed E-state index contributed by atoms with van der Waals surface area (Å²) in [6.07, 6.45) is 0. The number of thioether (sulfide) groups is 1. The predicted molar refractivity (Wildman–Crippen MR) is 105 cm³/mol. The number of non-ortho nitro benzene ring substituents is 1. The second-order valence-electron chi connectivity index (χ2n) is 5.85. The molecule has 2 aromatic carbocycles. The van der Waals surface area contributed by atoms with Gasteiger partial charge in [-0.3, -0.25) is 14.9 Å². The van der Waals surface area contributed by atoms with Crippen LogP contribution in [-0.2, 0) is 14.8 Å². The van der Waals surface area contributed by atoms with Crippen LogP contribution in [0.4, 0.5) is 11.4 Å². The van der Waals surface area contributed by atoms with E-state index in [0.29, 0.717) is 5.69 Å². The van der Waals surface area contributed by atoms with Crippen LogP contribution >= 0.6 is 11.8 Å². The summed E-state index contributed by atoms with van der Waals surface area (Å²) in [4.78, 5) is 23.2. The molecule has 144 valence electrons. The Balaban J connectivity index is 2.06. The molecule has 0 fully saturated rings. The zero-order valence-corrected chi connectivity index (χ0v) is 16.6. The lowest BCUT2D eigenvalue weighted by Crippen LogP contribution is -2.22. The van der Waals surface area contributed by atoms with Crippen LogP contribution < -0.4 is 5.32 Å². The Hall–Kier alpha value is -2.43. The van der Waals surface area contributed by atoms with Crippen molar-refractivity contribution in [2.24, 2.45) is 0 Å². The maximum atomic E-state index is 12.2. The molecule has 0 aromatic heterocycles. The number of nitrogens with one attached hydrogen (secondary N) is 1. The second-order valence-corrected chi connectivity index (χ2v) is 9.05. The fraction of sp³-hybridized carbons (Fsp3) is 0.235. The van der Waals surface area contributed by atoms with Gasteiger partial charge in [0.15, 0.2) is 0 Å². The first kappa shape index (κ1) is 20.9. The van der Waals surface area contributed by atoms with Crippen molar-refractivity contribution < 1.29 is 18.1 Å². The number of amides is 1. The van der Waals surface area contributed by atoms with E-state index in [0.717, 1.165) is 14.8 Å². The van der Waals surface area contributed by atoms with Crippen LogP contribution in [0.15, 0.2) is 52.3 Å². The Morgan fingerprint density at radius 3 is 2.37 bits per heavy atom. The molecule has 0 aliphatic heterocycles. The third-order valence-electron chi connectivity index (χ3n) is 3.68. The van der Waals surface area contributed by atoms with E-state index >= 15 is 0 Å². The van der Waals surface area contributed by atoms with E-state index in [1.165, 1.54) is 50.1 Å². The van der Waals surface area contributed by atoms with Gasteiger partial charge < -0.3 is 5.32 Å². The predicted octanol–water partition coefficient (Wildman–Crippen LogP) is 2.88. The van der Waals surface area contributed by atoms with Crippen LogP contribution in [0, 0.1) is 17.0 Å². The highest BCUT2D eigenvalue weighted by Gasteiger charge is 2.18. The molecule has 0 spiro atoms. The first-order valence-corrected chi connectivity index (χ1v) is 10.2. The Labute approximate surface area is 161 Å². The number of carbonyl (C=O) groups excluding carboxylic acids is 1. The minimum absolute atomic E-state index is 0.0154. The van der Waals surface area contributed by atoms with Crippen LogP contribution in [-0.4, -0.2) is 43.4 Å². The van der Waals surface area contributed by atoms with Crippen LogP contribution in [0.25, 0.3) is 0 Å². The van der Waals surface area contributed by atoms with E-state index in [-0.39, 0.29) is 22.2 Å². The van der Waals surface area contributed by atoms with Gasteiger partial charge in [-0.25, -0.2) is 12.7 Å². The number of sulfonamides is 1. The quantitative estimate of drug-likeness (QED) is 0.428. The number of anilines is 1. The smallest absolute Gasteiger partial charge is 0.269 e. The average molecular weight is 409 g/mol. The molecule has 0 unspecified atom stereocenters. The van der Waals surface area contributed by atoms with Crippen molar-refractivity contribution in [3.05, 3.63) is 58.1 Å². The van der Waals surface area contributed by atoms with Gasteiger partial charge in [0.05, 0.1) is 15.6 Å². The zero-order valence-electron chi connectivity index (χ0n) is 15.0. The van der Waals surface area contributed by atoms with Crippen LogP contribution in [0.3, 0.4) is 0 Å². The number of aryl methyl sites for hydroxylation is 1. The van der Waals surface area contributed by atoms with Gasteiger partial charge in [-0.15, -0.1) is 11.8 Å². The molecule has 1 amide bonds. The normalized spacial score (nSPS) is 11.4. The van der Waals surface area contributed by atoms with E-state index in [4.69, 9.17) is 0 Å². The molecule has 0 saturated carbocycles. The largest absolute Gasteiger partial charge is 0.325 e. The van der Waals surface area contributed by atoms with E-state index in [1.54, 1.807) is 25.1 Å². The highest BCUT2D eigenvalue weighted by Crippen LogP contribution is 2.24. The summed E-state index contributed by atoms with van der Waals surface area (Å²) in [5.74, 6) is -0.220. The third kappa shape index (κ3) is 5.28. The highest BCUT2D eigenvalue weighted by molar-refractivity contribution is 8.00. The number of nitro groups is 1. The SMILES string of the molecule is Cc1ccc(S(=O)(=O)N(C)C)cc1NC(=O)CSc1ccc([N+](=O)[O-])cc1. The molecule has 0 atom stereocenters. The molecule has 10 heteroatoms. The van der Waals surface area contributed by atoms with Gasteiger partial charge in [-0.1, -0.05) is 6.07 Å². The van der Waals surface area contributed by atoms with Crippen molar-refractivity contribution in [3.8, 4) is 0 Å². The van der Waals surface area contributed by atoms with Crippen molar-refractivity contribution >= 4 is 39.1 Å². The van der Waals surface area contributed by atoms with Crippen LogP contribution in [0.2, 0.25) is 0 Å². The summed E-state index contributed by atoms with van der Waals surface area (Å²) in [5, 5.41) is 13.4. The van der Waals surface area contributed by atoms with Gasteiger partial charge in [-0.2, -0.15) is 0 Å². The molecule has 2 rings (SSSR count). The zero-order chi connectivity index (χ0) is 20.2. The van der Waals surface area contributed by atoms with E-state index < -0.39 is 14.9 Å². The Kier molecular flexibility index (Phi) is 6.58. The van der Waals surface area contributed by atoms with Gasteiger partial charge in [0.1, 0.15) is 0 Å². The van der Waals surface area contributed by atoms with Crippen molar-refractivity contribution in [1.82, 2.24) is 4.31 Å². The minimum Gasteiger partial charge on any atom is -0.325 e. The van der Waals surface area contributed by atoms with Gasteiger partial charge in [0, 0.05) is 36.8 Å². The molecular formula is C17H19N3O5S2. The summed E-state index contributed by atoms with van der Waals surface area (Å²) in [6.45, 7) is 1.77. The molecule has 27 heavy (non-hydrogen) atoms. The Morgan fingerprint density at radius 2 is 1.81 bits per heavy atom. The summed E-state index contributed by atoms with van der Waals surface area (Å²) < 4.78 is 25.6. The number of benzene rings is 2. The van der Waals surface area contributed by atoms with Gasteiger partial charge >= 0.3 is 0 Å². The molecule has 1 N–H and O–H groups in total. The minimum atomic E-state index is -3.60. The van der Waals surface area contributed by atoms with Crippen LogP contribution in [0.1, 0.15) is 5.56 Å². The summed E-state index contributed by atoms with van der Waals surface area (Å²) in [7, 11) is -0.719. The third-order valence-corrected chi connectivity index (χ3v) is 6.50. The van der Waals surface area contributed by atoms with Crippen molar-refractivity contribution in [1.29, 1.82) is 0 Å². The van der Waals surface area contributed by atoms with Crippen LogP contribution in [0.5, 0.6) is 0 Å². The number of nitro benzene ring substituents is 1. The Bertz CT molecular complexity index is 957. The van der Waals surface area contributed by atoms with E-state index in [9.17, 15) is 23.3 Å². The topological polar surface area (TPSA) is 110 Å². The molecule has 0 saturated heterocycles. The fourth-order valence-corrected chi connectivity index (χ4v) is 3.73. The molecule has 0 aliphatic rings. The summed E-state index contributed by atoms with van der Waals surface area (Å²) in [5.41, 5.74) is 1.15. The first-order valence-electron chi connectivity index (χ1n) is 7.81. The molecular weight excluding hydrogens is 390 g/mol. The van der Waals surface area contributed by atoms with Gasteiger partial charge in [-0.05, 0) is 36.8 Å². The standard InChI is InChI=1S/C17H19N3O5S2/c1-12-4-9-15(27(24,25)19(2)3)10-16(12)18-17(21)11-26-14-7-5-13(6-8-14)20(22)23/h4-10H,11H2,1-3H3,(H,18,21). The molecule has 0 bridgehead atoms. The van der Waals surface area contributed by atoms with Crippen molar-refractivity contribution in [2.45, 2.75) is 16.7 Å². The highest BCUT2D eigenvalue weighted by atomic mass is 32.2. The van der Waals surface area contributed by atoms with Crippen molar-refractivity contribution in [2.75, 3.05) is 25.2 Å². The molecule has 0 radical (unpaired) electrons. The fourth-order valence-electron chi connectivity index (χ4n) is 2.11. The second kappa shape index (κ2) is 8.51. The Morgan fingerprint density at radius 1 is 1.19 bits per heavy atom. The molecule has 2 aromatic rings. The molecule has 0 heterocycles. The number of hydrogen-bond acceptors (Lipinski definition) is 6. The molecule has 0 aliphatic carbocycles. The number of nitrogens with zero attached hydrogens (tertiary/aromatic N) is 2. The maximum absolute atomic E-state index is 12.2. The number of carbonyl (C=O) groups is 1. The lowest BCUT2D eigenvalue weighted by atomic mass is 10.2. The van der Waals surface area contributed by atoms with E-state index in [1.807, 2.05) is 0 Å². The number of rotatable bonds is 7. The summed E-state index contributed by atoms with van der Waals surface area (Å²) in [6, 6.07) is 10.5. The monoisotopic (exact) mass is 409 g/mol. The first-order chi connectivity index (χ1) is 12.6. The van der Waals surface area contributed by atoms with E-state index in [2.05, 4.69) is 5.32 Å². The average Bonchev–Trinajstić information content (AvgIpc) is 2.61. The lowest BCUT2D eigenvalue weighted by molar-refractivity contribution is -0.384. The lowest BCUT2D eigenvalue weighted by Gasteiger charge is -2.14. The summed E-state index contributed by atoms with van der Waals surface area (Å²) >= 11 is 1.23. The van der Waals surface area contributed by atoms with Gasteiger partial charge in [0.25, 0.3) is 5.69 Å². The van der Waals surface area contributed by atoms with Crippen molar-refractivity contribution in [3.63, 3.8) is 0 Å². The maximum Gasteiger partial charge on any atom is 0.269 e. The molecule has 8 nitrogen and oxygen atoms in total. The van der Waals surface area contributed by atoms with Gasteiger partial charge in [0.2, 0.25) is 15.9 Å².